The summed E-state index contributed by atoms with van der Waals surface area (Å²) in [6.07, 6.45) is 5.35. The van der Waals surface area contributed by atoms with Crippen LogP contribution in [-0.4, -0.2) is 50.6 Å². The van der Waals surface area contributed by atoms with Crippen LogP contribution in [0.5, 0.6) is 0 Å². The van der Waals surface area contributed by atoms with Crippen molar-refractivity contribution in [1.29, 1.82) is 0 Å². The maximum absolute atomic E-state index is 15.1. The molecule has 1 aliphatic rings. The monoisotopic (exact) mass is 442 g/mol. The number of rotatable bonds is 3. The van der Waals surface area contributed by atoms with E-state index in [-0.39, 0.29) is 6.10 Å². The average molecular weight is 442 g/mol. The van der Waals surface area contributed by atoms with Gasteiger partial charge in [0.1, 0.15) is 17.7 Å². The summed E-state index contributed by atoms with van der Waals surface area (Å²) in [5, 5.41) is 4.27. The van der Waals surface area contributed by atoms with Crippen LogP contribution in [0.4, 0.5) is 10.2 Å². The van der Waals surface area contributed by atoms with Crippen molar-refractivity contribution in [1.82, 2.24) is 24.5 Å². The summed E-state index contributed by atoms with van der Waals surface area (Å²) >= 11 is 0. The van der Waals surface area contributed by atoms with Crippen LogP contribution < -0.4 is 5.73 Å². The number of hydrogen-bond donors (Lipinski definition) is 1. The third-order valence-corrected chi connectivity index (χ3v) is 5.38. The molecule has 1 aliphatic heterocycles. The average Bonchev–Trinajstić information content (AvgIpc) is 3.25. The zero-order chi connectivity index (χ0) is 22.8. The first-order valence-electron chi connectivity index (χ1n) is 10.3. The molecule has 1 unspecified atom stereocenters. The van der Waals surface area contributed by atoms with Gasteiger partial charge in [-0.2, -0.15) is 5.10 Å². The molecule has 0 bridgehead atoms. The van der Waals surface area contributed by atoms with Crippen LogP contribution >= 0.6 is 0 Å². The summed E-state index contributed by atoms with van der Waals surface area (Å²) in [4.78, 5) is 21.2. The summed E-state index contributed by atoms with van der Waals surface area (Å²) in [7, 11) is 0. The van der Waals surface area contributed by atoms with Gasteiger partial charge in [-0.3, -0.25) is 4.79 Å². The Morgan fingerprint density at radius 3 is 2.94 bits per heavy atom. The Bertz CT molecular complexity index is 1410. The third kappa shape index (κ3) is 4.24. The molecule has 0 saturated carbocycles. The number of anilines is 1. The highest BCUT2D eigenvalue weighted by atomic mass is 19.1. The summed E-state index contributed by atoms with van der Waals surface area (Å²) in [6, 6.07) is 10.0. The molecule has 2 N–H and O–H groups in total. The molecule has 1 fully saturated rings. The minimum absolute atomic E-state index is 0.353. The number of pyridine rings is 1. The molecule has 0 radical (unpaired) electrons. The number of carbonyl (C=O) groups excluding carboxylic acids is 1. The number of amides is 1. The van der Waals surface area contributed by atoms with Crippen LogP contribution in [0.3, 0.4) is 0 Å². The lowest BCUT2D eigenvalue weighted by Gasteiger charge is -2.30. The number of aromatic nitrogens is 4. The van der Waals surface area contributed by atoms with Crippen LogP contribution in [0, 0.1) is 17.7 Å². The van der Waals surface area contributed by atoms with Gasteiger partial charge in [-0.05, 0) is 35.9 Å². The lowest BCUT2D eigenvalue weighted by atomic mass is 10.0. The highest BCUT2D eigenvalue weighted by molar-refractivity contribution is 5.66. The van der Waals surface area contributed by atoms with E-state index in [4.69, 9.17) is 10.5 Å². The molecule has 3 aromatic heterocycles. The van der Waals surface area contributed by atoms with Crippen molar-refractivity contribution >= 4 is 17.9 Å². The van der Waals surface area contributed by atoms with Crippen LogP contribution in [0.15, 0.2) is 55.0 Å². The molecule has 5 rings (SSSR count). The molecule has 4 aromatic rings. The maximum atomic E-state index is 15.1. The zero-order valence-electron chi connectivity index (χ0n) is 17.5. The molecule has 1 saturated heterocycles. The Kier molecular flexibility index (Phi) is 5.42. The first kappa shape index (κ1) is 20.6. The van der Waals surface area contributed by atoms with Crippen molar-refractivity contribution < 1.29 is 13.9 Å². The van der Waals surface area contributed by atoms with Gasteiger partial charge in [-0.15, -0.1) is 0 Å². The fraction of sp³-hybridized carbons (Fsp3) is 0.167. The minimum Gasteiger partial charge on any atom is -0.384 e. The summed E-state index contributed by atoms with van der Waals surface area (Å²) in [6.45, 7) is 1.35. The molecule has 1 aromatic carbocycles. The summed E-state index contributed by atoms with van der Waals surface area (Å²) < 4.78 is 22.4. The first-order chi connectivity index (χ1) is 16.1. The van der Waals surface area contributed by atoms with E-state index in [9.17, 15) is 4.79 Å². The number of nitrogens with zero attached hydrogens (tertiary/aromatic N) is 5. The van der Waals surface area contributed by atoms with Gasteiger partial charge >= 0.3 is 0 Å². The van der Waals surface area contributed by atoms with Crippen molar-refractivity contribution in [2.24, 2.45) is 0 Å². The molecule has 164 valence electrons. The predicted molar refractivity (Wildman–Crippen MR) is 119 cm³/mol. The molecule has 9 heteroatoms. The van der Waals surface area contributed by atoms with Crippen molar-refractivity contribution in [3.05, 3.63) is 77.5 Å². The van der Waals surface area contributed by atoms with Gasteiger partial charge in [-0.25, -0.2) is 18.9 Å². The van der Waals surface area contributed by atoms with E-state index in [1.54, 1.807) is 58.3 Å². The Hall–Kier alpha value is -4.29. The quantitative estimate of drug-likeness (QED) is 0.387. The van der Waals surface area contributed by atoms with Gasteiger partial charge in [0.25, 0.3) is 0 Å². The van der Waals surface area contributed by atoms with E-state index in [0.29, 0.717) is 53.5 Å². The van der Waals surface area contributed by atoms with Gasteiger partial charge in [0.15, 0.2) is 5.65 Å². The van der Waals surface area contributed by atoms with E-state index in [1.165, 1.54) is 6.07 Å². The Labute approximate surface area is 188 Å². The van der Waals surface area contributed by atoms with Gasteiger partial charge in [0.05, 0.1) is 30.6 Å². The largest absolute Gasteiger partial charge is 0.384 e. The second-order valence-electron chi connectivity index (χ2n) is 7.56. The Balaban J connectivity index is 1.46. The Morgan fingerprint density at radius 1 is 1.21 bits per heavy atom. The van der Waals surface area contributed by atoms with Crippen LogP contribution in [-0.2, 0) is 9.53 Å². The number of carbonyl (C=O) groups is 1. The summed E-state index contributed by atoms with van der Waals surface area (Å²) in [5.74, 6) is 6.03. The van der Waals surface area contributed by atoms with Gasteiger partial charge in [-0.1, -0.05) is 17.9 Å². The van der Waals surface area contributed by atoms with Crippen molar-refractivity contribution in [2.45, 2.75) is 6.10 Å². The third-order valence-electron chi connectivity index (χ3n) is 5.38. The highest BCUT2D eigenvalue weighted by Crippen LogP contribution is 2.28. The number of fused-ring (bicyclic) bond motifs is 1. The standard InChI is InChI=1S/C24H19FN6O2/c25-20-12-17(22-14-30(15-32)9-10-33-22)3-4-19(20)21-6-8-31-24(29-21)18(13-28-31)2-1-16-5-7-27-23(26)11-16/h3-8,11-13,15,22H,9-10,14H2,(H2,26,27). The number of morpholine rings is 1. The highest BCUT2D eigenvalue weighted by Gasteiger charge is 2.22. The normalized spacial score (nSPS) is 15.8. The number of halogens is 1. The fourth-order valence-electron chi connectivity index (χ4n) is 3.68. The SMILES string of the molecule is Nc1cc(C#Cc2cnn3ccc(-c4ccc(C5CN(C=O)CCO5)cc4F)nc23)ccn1. The van der Waals surface area contributed by atoms with E-state index in [2.05, 4.69) is 26.9 Å². The molecule has 0 spiro atoms. The predicted octanol–water partition coefficient (Wildman–Crippen LogP) is 2.44. The molecular weight excluding hydrogens is 423 g/mol. The number of benzene rings is 1. The molecular formula is C24H19FN6O2. The van der Waals surface area contributed by atoms with Gasteiger partial charge in [0, 0.05) is 30.1 Å². The van der Waals surface area contributed by atoms with E-state index in [0.717, 1.165) is 12.0 Å². The van der Waals surface area contributed by atoms with E-state index in [1.807, 2.05) is 0 Å². The molecule has 1 amide bonds. The lowest BCUT2D eigenvalue weighted by Crippen LogP contribution is -2.37. The molecule has 1 atom stereocenters. The van der Waals surface area contributed by atoms with Gasteiger partial charge in [0.2, 0.25) is 6.41 Å². The number of hydrogen-bond acceptors (Lipinski definition) is 6. The summed E-state index contributed by atoms with van der Waals surface area (Å²) in [5.41, 5.74) is 9.03. The van der Waals surface area contributed by atoms with Crippen molar-refractivity contribution in [3.63, 3.8) is 0 Å². The topological polar surface area (TPSA) is 98.6 Å². The molecule has 0 aliphatic carbocycles. The smallest absolute Gasteiger partial charge is 0.209 e. The van der Waals surface area contributed by atoms with E-state index < -0.39 is 5.82 Å². The van der Waals surface area contributed by atoms with Crippen molar-refractivity contribution in [3.8, 4) is 23.1 Å². The molecule has 33 heavy (non-hydrogen) atoms. The van der Waals surface area contributed by atoms with Gasteiger partial charge < -0.3 is 15.4 Å². The lowest BCUT2D eigenvalue weighted by molar-refractivity contribution is -0.125. The molecule has 8 nitrogen and oxygen atoms in total. The van der Waals surface area contributed by atoms with Crippen LogP contribution in [0.1, 0.15) is 22.8 Å². The second-order valence-corrected chi connectivity index (χ2v) is 7.56. The fourth-order valence-corrected chi connectivity index (χ4v) is 3.68. The number of nitrogen functional groups attached to an aromatic ring is 1. The number of ether oxygens (including phenoxy) is 1. The first-order valence-corrected chi connectivity index (χ1v) is 10.3. The second kappa shape index (κ2) is 8.68. The van der Waals surface area contributed by atoms with Crippen LogP contribution in [0.25, 0.3) is 16.9 Å². The minimum atomic E-state index is -0.421. The zero-order valence-corrected chi connectivity index (χ0v) is 17.5. The van der Waals surface area contributed by atoms with Crippen molar-refractivity contribution in [2.75, 3.05) is 25.4 Å². The van der Waals surface area contributed by atoms with E-state index >= 15 is 4.39 Å². The number of nitrogens with two attached hydrogens (primary N) is 1. The van der Waals surface area contributed by atoms with Crippen LogP contribution in [0.2, 0.25) is 0 Å². The molecule has 4 heterocycles. The maximum Gasteiger partial charge on any atom is 0.209 e. The Morgan fingerprint density at radius 2 is 2.12 bits per heavy atom.